The quantitative estimate of drug-likeness (QED) is 0.0117. The molecule has 2 aromatic heterocycles. The van der Waals surface area contributed by atoms with Crippen molar-refractivity contribution in [3.05, 3.63) is 102 Å². The summed E-state index contributed by atoms with van der Waals surface area (Å²) >= 11 is 0. The van der Waals surface area contributed by atoms with Crippen LogP contribution in [0, 0.1) is 17.2 Å². The molecule has 14 atom stereocenters. The molecule has 5 aromatic rings. The molecule has 0 bridgehead atoms. The number of benzene rings is 3. The van der Waals surface area contributed by atoms with Crippen molar-refractivity contribution >= 4 is 144 Å². The fourth-order valence-electron chi connectivity index (χ4n) is 11.9. The lowest BCUT2D eigenvalue weighted by atomic mass is 9.97. The highest BCUT2D eigenvalue weighted by Crippen LogP contribution is 2.25. The number of hydrogen-bond acceptors (Lipinski definition) is 21. The summed E-state index contributed by atoms with van der Waals surface area (Å²) in [5.41, 5.74) is 12.8. The van der Waals surface area contributed by atoms with E-state index in [1.807, 2.05) is 6.07 Å². The summed E-state index contributed by atoms with van der Waals surface area (Å²) in [6.07, 6.45) is -0.911. The Balaban J connectivity index is 1.48. The minimum Gasteiger partial charge on any atom is -0.481 e. The predicted octanol–water partition coefficient (Wildman–Crippen LogP) is -3.39. The number of nitrogens with two attached hydrogens (primary N) is 2. The lowest BCUT2D eigenvalue weighted by Gasteiger charge is -2.29. The molecule has 41 heteroatoms. The van der Waals surface area contributed by atoms with Crippen LogP contribution >= 0.6 is 21.6 Å². The molecule has 1 aliphatic rings. The van der Waals surface area contributed by atoms with Crippen LogP contribution in [0.3, 0.4) is 0 Å². The maximum absolute atomic E-state index is 15.1. The number of carboxylic acid groups (broad SMARTS) is 2. The third-order valence-corrected chi connectivity index (χ3v) is 20.7. The third kappa shape index (κ3) is 28.7. The number of aromatic nitrogens is 3. The molecule has 1 saturated heterocycles. The number of carboxylic acids is 2. The van der Waals surface area contributed by atoms with Gasteiger partial charge in [0.25, 0.3) is 0 Å². The first-order valence-corrected chi connectivity index (χ1v) is 39.1. The van der Waals surface area contributed by atoms with Crippen molar-refractivity contribution in [1.82, 2.24) is 89.4 Å². The van der Waals surface area contributed by atoms with Crippen molar-refractivity contribution < 1.29 is 92.0 Å². The number of rotatable bonds is 25. The standard InChI is InChI=1S/C73H100N20O19S2/c1-8-36(4)59(83-39(7)95)71(110)91-54-33-114-113-32-53(69(108)93-60(38(6)94)72(111)112)90-63(102)47(18-13-23-78-73(75)76)84-66(105)51(27-44-30-77-34-81-44)86-61(100)37(5)82-56(97)31-80-62(101)50(26-43-29-79-46-17-12-11-16-45(43)46)87-67(106)52(28-57(98)99)88-64(103)48(21-22-55(74)96)85-65(104)49(89-70(109)58(35(2)3)92-68(54)107)25-40-19-20-41-14-9-10-15-42(41)24-40/h9-12,14-17,19-20,24,29-30,34-38,47-54,58-60,79,94H,8,13,18,21-23,25-28,31-33H2,1-7H3,(H2,74,96)(H,77,81)(H,80,101)(H,82,97)(H,83,95)(H,84,105)(H,85,104)(H,86,100)(H,87,106)(H,88,103)(H,89,109)(H,90,102)(H,91,110)(H,92,107)(H,93,108)(H,98,99)(H,111,112)(H4,75,76,78)/t36-,37-,38+,47-,48-,49-,50-,51-,52-,53-,54-,58-,59-,60-/m0/s1. The van der Waals surface area contributed by atoms with Gasteiger partial charge in [0.05, 0.1) is 31.1 Å². The Morgan fingerprint density at radius 2 is 1.24 bits per heavy atom. The SMILES string of the molecule is CC[C@H](C)[C@H](NC(C)=O)C(=O)N[C@H]1CSSC[C@@H](C(=O)N[C@H](C(=O)O)[C@@H](C)O)NC(=O)[C@H](CCCNC(=N)N)NC(=O)[C@H](Cc2c[nH]cn2)NC(=O)[C@H](C)NC(=O)CNC(=O)[C@H](Cc2c[nH]c3ccccc23)NC(=O)[C@H](CC(=O)O)NC(=O)[C@H](CCC(N)=O)NC(=O)[C@H](Cc2ccc3ccccc3c2)NC(=O)[C@H](C(C)C)NC1=O. The Morgan fingerprint density at radius 1 is 0.640 bits per heavy atom. The van der Waals surface area contributed by atoms with E-state index >= 15 is 14.4 Å². The summed E-state index contributed by atoms with van der Waals surface area (Å²) in [5.74, 6) is -20.7. The third-order valence-electron chi connectivity index (χ3n) is 18.3. The number of hydrogen-bond donors (Lipinski definition) is 22. The van der Waals surface area contributed by atoms with Crippen molar-refractivity contribution in [2.24, 2.45) is 23.3 Å². The van der Waals surface area contributed by atoms with Crippen LogP contribution in [-0.4, -0.2) is 234 Å². The zero-order valence-corrected chi connectivity index (χ0v) is 65.4. The Labute approximate surface area is 662 Å². The first-order valence-electron chi connectivity index (χ1n) is 36.6. The van der Waals surface area contributed by atoms with Crippen LogP contribution in [0.5, 0.6) is 0 Å². The zero-order valence-electron chi connectivity index (χ0n) is 63.7. The lowest BCUT2D eigenvalue weighted by Crippen LogP contribution is -2.61. The van der Waals surface area contributed by atoms with Gasteiger partial charge in [0, 0.05) is 74.0 Å². The van der Waals surface area contributed by atoms with Crippen LogP contribution in [0.4, 0.5) is 0 Å². The molecule has 3 heterocycles. The number of aliphatic carboxylic acids is 2. The highest BCUT2D eigenvalue weighted by Gasteiger charge is 2.39. The van der Waals surface area contributed by atoms with E-state index in [2.05, 4.69) is 89.4 Å². The molecule has 1 fully saturated rings. The monoisotopic (exact) mass is 1620 g/mol. The number of imidazole rings is 1. The summed E-state index contributed by atoms with van der Waals surface area (Å²) in [5, 5.41) is 75.6. The van der Waals surface area contributed by atoms with E-state index < -0.39 is 228 Å². The number of primary amides is 1. The van der Waals surface area contributed by atoms with Crippen molar-refractivity contribution in [2.45, 2.75) is 185 Å². The molecule has 0 unspecified atom stereocenters. The van der Waals surface area contributed by atoms with E-state index in [-0.39, 0.29) is 44.3 Å². The number of nitrogens with one attached hydrogen (secondary N) is 17. The van der Waals surface area contributed by atoms with Gasteiger partial charge in [0.1, 0.15) is 66.5 Å². The van der Waals surface area contributed by atoms with Gasteiger partial charge < -0.3 is 111 Å². The van der Waals surface area contributed by atoms with Crippen LogP contribution in [-0.2, 0) is 96.0 Å². The van der Waals surface area contributed by atoms with Crippen LogP contribution in [0.1, 0.15) is 104 Å². The van der Waals surface area contributed by atoms with E-state index in [1.54, 1.807) is 74.5 Å². The molecule has 24 N–H and O–H groups in total. The first kappa shape index (κ1) is 91.0. The number of carbonyl (C=O) groups is 16. The zero-order chi connectivity index (χ0) is 84.0. The number of H-pyrrole nitrogens is 2. The Bertz CT molecular complexity index is 4300. The molecule has 0 spiro atoms. The molecule has 6 rings (SSSR count). The second-order valence-corrected chi connectivity index (χ2v) is 30.3. The first-order chi connectivity index (χ1) is 54.0. The van der Waals surface area contributed by atoms with E-state index in [0.717, 1.165) is 33.9 Å². The Hall–Kier alpha value is -11.9. The number of aliphatic hydroxyl groups excluding tert-OH is 1. The van der Waals surface area contributed by atoms with Gasteiger partial charge in [-0.1, -0.05) is 116 Å². The topological polar surface area (TPSA) is 623 Å². The summed E-state index contributed by atoms with van der Waals surface area (Å²) in [6, 6.07) is -1.24. The molecule has 1 aliphatic heterocycles. The molecule has 14 amide bonds. The lowest BCUT2D eigenvalue weighted by molar-refractivity contribution is -0.145. The van der Waals surface area contributed by atoms with Crippen molar-refractivity contribution in [1.29, 1.82) is 5.41 Å². The maximum Gasteiger partial charge on any atom is 0.328 e. The fourth-order valence-corrected chi connectivity index (χ4v) is 14.2. The van der Waals surface area contributed by atoms with Crippen molar-refractivity contribution in [3.63, 3.8) is 0 Å². The minimum atomic E-state index is -2.06. The number of guanidine groups is 1. The molecular formula is C73H100N20O19S2. The van der Waals surface area contributed by atoms with Crippen LogP contribution < -0.4 is 85.9 Å². The molecule has 0 radical (unpaired) electrons. The van der Waals surface area contributed by atoms with Crippen LogP contribution in [0.15, 0.2) is 85.5 Å². The largest absolute Gasteiger partial charge is 0.481 e. The molecule has 39 nitrogen and oxygen atoms in total. The van der Waals surface area contributed by atoms with Gasteiger partial charge in [-0.15, -0.1) is 0 Å². The number of nitrogens with zero attached hydrogens (tertiary/aromatic N) is 1. The van der Waals surface area contributed by atoms with Gasteiger partial charge in [-0.3, -0.25) is 77.3 Å². The number of aromatic amines is 2. The maximum atomic E-state index is 15.1. The molecule has 0 saturated carbocycles. The predicted molar refractivity (Wildman–Crippen MR) is 418 cm³/mol. The summed E-state index contributed by atoms with van der Waals surface area (Å²) in [7, 11) is 1.59. The van der Waals surface area contributed by atoms with Crippen LogP contribution in [0.2, 0.25) is 0 Å². The van der Waals surface area contributed by atoms with Crippen LogP contribution in [0.25, 0.3) is 21.7 Å². The average molecular weight is 1630 g/mol. The van der Waals surface area contributed by atoms with E-state index in [4.69, 9.17) is 16.9 Å². The van der Waals surface area contributed by atoms with E-state index in [9.17, 15) is 77.6 Å². The number of fused-ring (bicyclic) bond motifs is 2. The summed E-state index contributed by atoms with van der Waals surface area (Å²) in [4.78, 5) is 235. The number of aliphatic hydroxyl groups is 1. The average Bonchev–Trinajstić information content (AvgIpc) is 1.46. The number of amides is 14. The van der Waals surface area contributed by atoms with Gasteiger partial charge in [-0.2, -0.15) is 0 Å². The normalized spacial score (nSPS) is 22.5. The van der Waals surface area contributed by atoms with Gasteiger partial charge in [-0.05, 0) is 72.9 Å². The van der Waals surface area contributed by atoms with Gasteiger partial charge in [0.15, 0.2) is 12.0 Å². The van der Waals surface area contributed by atoms with Gasteiger partial charge in [-0.25, -0.2) is 9.78 Å². The highest BCUT2D eigenvalue weighted by atomic mass is 33.1. The molecule has 3 aromatic carbocycles. The van der Waals surface area contributed by atoms with Gasteiger partial charge >= 0.3 is 11.9 Å². The minimum absolute atomic E-state index is 0.0201. The van der Waals surface area contributed by atoms with Gasteiger partial charge in [0.2, 0.25) is 82.7 Å². The second kappa shape index (κ2) is 44.4. The Kier molecular flexibility index (Phi) is 35.4. The summed E-state index contributed by atoms with van der Waals surface area (Å²) < 4.78 is 0. The Morgan fingerprint density at radius 3 is 1.87 bits per heavy atom. The number of para-hydroxylation sites is 1. The number of carbonyl (C=O) groups excluding carboxylic acids is 14. The molecule has 114 heavy (non-hydrogen) atoms. The highest BCUT2D eigenvalue weighted by molar-refractivity contribution is 8.76. The second-order valence-electron chi connectivity index (χ2n) is 27.7. The molecule has 0 aliphatic carbocycles. The molecular weight excluding hydrogens is 1530 g/mol. The smallest absolute Gasteiger partial charge is 0.328 e. The van der Waals surface area contributed by atoms with Crippen molar-refractivity contribution in [3.8, 4) is 0 Å². The van der Waals surface area contributed by atoms with E-state index in [1.165, 1.54) is 46.4 Å². The molecule has 618 valence electrons. The fraction of sp³-hybridized carbons (Fsp3) is 0.479. The van der Waals surface area contributed by atoms with E-state index in [0.29, 0.717) is 33.8 Å². The van der Waals surface area contributed by atoms with Crippen molar-refractivity contribution in [2.75, 3.05) is 24.6 Å². The summed E-state index contributed by atoms with van der Waals surface area (Å²) in [6.45, 7) is 8.96.